The van der Waals surface area contributed by atoms with E-state index in [1.54, 1.807) is 0 Å². The Hall–Kier alpha value is -1.63. The molecule has 1 aromatic heterocycles. The molecule has 0 aliphatic carbocycles. The average molecular weight is 308 g/mol. The van der Waals surface area contributed by atoms with Crippen LogP contribution in [-0.2, 0) is 18.3 Å². The molecule has 0 saturated carbocycles. The zero-order valence-electron chi connectivity index (χ0n) is 14.3. The van der Waals surface area contributed by atoms with Crippen molar-refractivity contribution in [2.24, 2.45) is 12.0 Å². The van der Waals surface area contributed by atoms with Crippen LogP contribution in [-0.4, -0.2) is 45.5 Å². The second kappa shape index (κ2) is 7.09. The minimum absolute atomic E-state index is 0.0574. The van der Waals surface area contributed by atoms with Crippen LogP contribution in [0.4, 0.5) is 0 Å². The fourth-order valence-corrected chi connectivity index (χ4v) is 2.25. The van der Waals surface area contributed by atoms with Gasteiger partial charge in [0.25, 0.3) is 0 Å². The number of rotatable bonds is 4. The number of nitrogens with one attached hydrogen (secondary N) is 2. The van der Waals surface area contributed by atoms with Gasteiger partial charge in [-0.1, -0.05) is 0 Å². The van der Waals surface area contributed by atoms with Gasteiger partial charge in [0.05, 0.1) is 6.10 Å². The summed E-state index contributed by atoms with van der Waals surface area (Å²) in [4.78, 5) is 4.63. The lowest BCUT2D eigenvalue weighted by molar-refractivity contribution is 0.113. The molecule has 7 heteroatoms. The lowest BCUT2D eigenvalue weighted by atomic mass is 10.1. The molecule has 0 bridgehead atoms. The molecule has 1 unspecified atom stereocenters. The standard InChI is InChI=1S/C15H28N6O/c1-11-19-20-13(21(11)5)10-17-14(18-15(2,3)4)16-9-12-7-6-8-22-12/h12H,6-10H2,1-5H3,(H2,16,17,18). The highest BCUT2D eigenvalue weighted by atomic mass is 16.5. The molecule has 0 amide bonds. The molecular weight excluding hydrogens is 280 g/mol. The van der Waals surface area contributed by atoms with Gasteiger partial charge in [-0.15, -0.1) is 10.2 Å². The van der Waals surface area contributed by atoms with E-state index in [0.717, 1.165) is 43.6 Å². The summed E-state index contributed by atoms with van der Waals surface area (Å²) < 4.78 is 7.60. The van der Waals surface area contributed by atoms with E-state index in [1.807, 2.05) is 18.5 Å². The minimum Gasteiger partial charge on any atom is -0.376 e. The molecule has 2 heterocycles. The van der Waals surface area contributed by atoms with Gasteiger partial charge in [-0.25, -0.2) is 4.99 Å². The first-order valence-electron chi connectivity index (χ1n) is 7.88. The Labute approximate surface area is 132 Å². The summed E-state index contributed by atoms with van der Waals surface area (Å²) in [5.74, 6) is 2.52. The highest BCUT2D eigenvalue weighted by molar-refractivity contribution is 5.80. The number of ether oxygens (including phenoxy) is 1. The highest BCUT2D eigenvalue weighted by Gasteiger charge is 2.18. The largest absolute Gasteiger partial charge is 0.376 e. The maximum absolute atomic E-state index is 5.65. The molecule has 1 aliphatic rings. The van der Waals surface area contributed by atoms with Crippen molar-refractivity contribution in [1.29, 1.82) is 0 Å². The van der Waals surface area contributed by atoms with Crippen LogP contribution in [0.2, 0.25) is 0 Å². The molecule has 1 saturated heterocycles. The summed E-state index contributed by atoms with van der Waals surface area (Å²) in [6, 6.07) is 0. The maximum atomic E-state index is 5.65. The SMILES string of the molecule is Cc1nnc(CN=C(NCC2CCCO2)NC(C)(C)C)n1C. The van der Waals surface area contributed by atoms with Gasteiger partial charge in [0.15, 0.2) is 11.8 Å². The fraction of sp³-hybridized carbons (Fsp3) is 0.800. The van der Waals surface area contributed by atoms with E-state index in [2.05, 4.69) is 46.6 Å². The van der Waals surface area contributed by atoms with E-state index >= 15 is 0 Å². The van der Waals surface area contributed by atoms with Crippen LogP contribution >= 0.6 is 0 Å². The van der Waals surface area contributed by atoms with Crippen molar-refractivity contribution >= 4 is 5.96 Å². The van der Waals surface area contributed by atoms with Gasteiger partial charge in [0.2, 0.25) is 0 Å². The minimum atomic E-state index is -0.0574. The van der Waals surface area contributed by atoms with Gasteiger partial charge in [-0.05, 0) is 40.5 Å². The van der Waals surface area contributed by atoms with Crippen molar-refractivity contribution < 1.29 is 4.74 Å². The van der Waals surface area contributed by atoms with E-state index in [-0.39, 0.29) is 11.6 Å². The molecule has 2 rings (SSSR count). The molecule has 2 N–H and O–H groups in total. The molecule has 1 atom stereocenters. The van der Waals surface area contributed by atoms with Gasteiger partial charge < -0.3 is 19.9 Å². The summed E-state index contributed by atoms with van der Waals surface area (Å²) in [6.07, 6.45) is 2.53. The molecule has 7 nitrogen and oxygen atoms in total. The van der Waals surface area contributed by atoms with Crippen LogP contribution in [0.5, 0.6) is 0 Å². The van der Waals surface area contributed by atoms with E-state index < -0.39 is 0 Å². The third-order valence-corrected chi connectivity index (χ3v) is 3.58. The Kier molecular flexibility index (Phi) is 5.39. The number of aryl methyl sites for hydroxylation is 1. The first kappa shape index (κ1) is 16.7. The summed E-state index contributed by atoms with van der Waals surface area (Å²) in [7, 11) is 1.96. The van der Waals surface area contributed by atoms with Crippen LogP contribution in [0.25, 0.3) is 0 Å². The Bertz CT molecular complexity index is 511. The van der Waals surface area contributed by atoms with Crippen molar-refractivity contribution in [3.63, 3.8) is 0 Å². The molecule has 0 aromatic carbocycles. The first-order chi connectivity index (χ1) is 10.3. The molecule has 1 aromatic rings. The van der Waals surface area contributed by atoms with Crippen molar-refractivity contribution in [3.05, 3.63) is 11.6 Å². The molecule has 22 heavy (non-hydrogen) atoms. The van der Waals surface area contributed by atoms with Crippen LogP contribution in [0.3, 0.4) is 0 Å². The zero-order chi connectivity index (χ0) is 16.2. The van der Waals surface area contributed by atoms with Crippen molar-refractivity contribution in [2.45, 2.75) is 58.7 Å². The highest BCUT2D eigenvalue weighted by Crippen LogP contribution is 2.10. The topological polar surface area (TPSA) is 76.4 Å². The molecule has 1 aliphatic heterocycles. The average Bonchev–Trinajstić information content (AvgIpc) is 3.04. The smallest absolute Gasteiger partial charge is 0.192 e. The number of guanidine groups is 1. The predicted molar refractivity (Wildman–Crippen MR) is 86.7 cm³/mol. The Morgan fingerprint density at radius 3 is 2.73 bits per heavy atom. The predicted octanol–water partition coefficient (Wildman–Crippen LogP) is 1.14. The van der Waals surface area contributed by atoms with Gasteiger partial charge in [-0.3, -0.25) is 0 Å². The van der Waals surface area contributed by atoms with E-state index in [0.29, 0.717) is 6.54 Å². The first-order valence-corrected chi connectivity index (χ1v) is 7.88. The van der Waals surface area contributed by atoms with Crippen LogP contribution in [0.1, 0.15) is 45.3 Å². The monoisotopic (exact) mass is 308 g/mol. The molecule has 124 valence electrons. The van der Waals surface area contributed by atoms with E-state index in [1.165, 1.54) is 0 Å². The van der Waals surface area contributed by atoms with E-state index in [4.69, 9.17) is 4.74 Å². The Morgan fingerprint density at radius 1 is 1.41 bits per heavy atom. The zero-order valence-corrected chi connectivity index (χ0v) is 14.3. The van der Waals surface area contributed by atoms with Gasteiger partial charge in [-0.2, -0.15) is 0 Å². The van der Waals surface area contributed by atoms with Crippen molar-refractivity contribution in [2.75, 3.05) is 13.2 Å². The molecule has 1 fully saturated rings. The molecule has 0 radical (unpaired) electrons. The van der Waals surface area contributed by atoms with E-state index in [9.17, 15) is 0 Å². The summed E-state index contributed by atoms with van der Waals surface area (Å²) in [6.45, 7) is 10.4. The normalized spacial score (nSPS) is 19.5. The van der Waals surface area contributed by atoms with Crippen LogP contribution < -0.4 is 10.6 Å². The third-order valence-electron chi connectivity index (χ3n) is 3.58. The maximum Gasteiger partial charge on any atom is 0.192 e. The lowest BCUT2D eigenvalue weighted by Crippen LogP contribution is -2.49. The van der Waals surface area contributed by atoms with Crippen LogP contribution in [0.15, 0.2) is 4.99 Å². The summed E-state index contributed by atoms with van der Waals surface area (Å²) in [5.41, 5.74) is -0.0574. The van der Waals surface area contributed by atoms with Crippen LogP contribution in [0, 0.1) is 6.92 Å². The van der Waals surface area contributed by atoms with Gasteiger partial charge >= 0.3 is 0 Å². The number of aliphatic imine (C=N–C) groups is 1. The van der Waals surface area contributed by atoms with Gasteiger partial charge in [0.1, 0.15) is 12.4 Å². The van der Waals surface area contributed by atoms with Gasteiger partial charge in [0, 0.05) is 25.7 Å². The Morgan fingerprint density at radius 2 is 2.18 bits per heavy atom. The van der Waals surface area contributed by atoms with Crippen molar-refractivity contribution in [3.8, 4) is 0 Å². The quantitative estimate of drug-likeness (QED) is 0.644. The Balaban J connectivity index is 1.98. The lowest BCUT2D eigenvalue weighted by Gasteiger charge is -2.25. The van der Waals surface area contributed by atoms with Crippen molar-refractivity contribution in [1.82, 2.24) is 25.4 Å². The summed E-state index contributed by atoms with van der Waals surface area (Å²) >= 11 is 0. The third kappa shape index (κ3) is 4.98. The summed E-state index contributed by atoms with van der Waals surface area (Å²) in [5, 5.41) is 15.0. The second-order valence-electron chi connectivity index (χ2n) is 6.78. The fourth-order valence-electron chi connectivity index (χ4n) is 2.25. The number of hydrogen-bond acceptors (Lipinski definition) is 4. The second-order valence-corrected chi connectivity index (χ2v) is 6.78. The molecule has 0 spiro atoms. The molecular formula is C15H28N6O. The number of nitrogens with zero attached hydrogens (tertiary/aromatic N) is 4. The number of hydrogen-bond donors (Lipinski definition) is 2. The number of aromatic nitrogens is 3.